The van der Waals surface area contributed by atoms with E-state index in [1.165, 1.54) is 21.3 Å². The van der Waals surface area contributed by atoms with Crippen molar-refractivity contribution >= 4 is 51.3 Å². The summed E-state index contributed by atoms with van der Waals surface area (Å²) in [4.78, 5) is 68.1. The fourth-order valence-electron chi connectivity index (χ4n) is 7.61. The van der Waals surface area contributed by atoms with Gasteiger partial charge in [-0.1, -0.05) is 73.1 Å². The number of fused-ring (bicyclic) bond motifs is 1. The van der Waals surface area contributed by atoms with Gasteiger partial charge in [0.1, 0.15) is 18.1 Å². The number of carbonyl (C=O) groups excluding carboxylic acids is 5. The third-order valence-corrected chi connectivity index (χ3v) is 13.4. The molecule has 2 aliphatic heterocycles. The lowest BCUT2D eigenvalue weighted by Crippen LogP contribution is -2.62. The summed E-state index contributed by atoms with van der Waals surface area (Å²) in [6.07, 6.45) is -3.21. The lowest BCUT2D eigenvalue weighted by Gasteiger charge is -2.39. The Morgan fingerprint density at radius 2 is 1.67 bits per heavy atom. The standard InChI is InChI=1S/C37H56ClF2N7O7S/c1-35(2,3)25(19-46-14-9-15-55(46,53)54)44-34(52)45-29(36(4,5)6)33(51)47-18-22-27(37(22,7)8)28(47)32(50)43-24(17-26(39)40)31(49)42-13-12-20-10-11-21(30(41)48)16-23(20)38/h10-11,16,22,24-29H,9,12-15,17-19H2,1-8H3,(H2,41,48)(H,42,49)(H,43,50)(H2,44,45,52)/t22?,24?,25-,27?,28?,29-/m1/s1. The number of halogens is 3. The summed E-state index contributed by atoms with van der Waals surface area (Å²) in [6, 6.07) is -0.703. The van der Waals surface area contributed by atoms with E-state index in [0.717, 1.165) is 0 Å². The molecule has 1 aromatic carbocycles. The van der Waals surface area contributed by atoms with Gasteiger partial charge in [0.25, 0.3) is 0 Å². The van der Waals surface area contributed by atoms with E-state index in [2.05, 4.69) is 21.3 Å². The van der Waals surface area contributed by atoms with Crippen LogP contribution in [-0.4, -0.2) is 110 Å². The first-order valence-electron chi connectivity index (χ1n) is 18.6. The highest BCUT2D eigenvalue weighted by molar-refractivity contribution is 7.89. The molecule has 18 heteroatoms. The van der Waals surface area contributed by atoms with E-state index < -0.39 is 87.5 Å². The van der Waals surface area contributed by atoms with Crippen molar-refractivity contribution in [2.24, 2.45) is 33.8 Å². The summed E-state index contributed by atoms with van der Waals surface area (Å²) < 4.78 is 54.0. The van der Waals surface area contributed by atoms with Gasteiger partial charge >= 0.3 is 6.03 Å². The topological polar surface area (TPSA) is 200 Å². The van der Waals surface area contributed by atoms with E-state index in [1.54, 1.807) is 26.8 Å². The van der Waals surface area contributed by atoms with Gasteiger partial charge < -0.3 is 31.9 Å². The molecule has 0 radical (unpaired) electrons. The summed E-state index contributed by atoms with van der Waals surface area (Å²) in [6.45, 7) is 15.4. The predicted molar refractivity (Wildman–Crippen MR) is 204 cm³/mol. The molecule has 4 rings (SSSR count). The molecule has 6 amide bonds. The second-order valence-electron chi connectivity index (χ2n) is 17.7. The number of sulfonamides is 1. The molecule has 55 heavy (non-hydrogen) atoms. The quantitative estimate of drug-likeness (QED) is 0.190. The van der Waals surface area contributed by atoms with Crippen molar-refractivity contribution in [1.82, 2.24) is 30.5 Å². The average molecular weight is 816 g/mol. The number of likely N-dealkylation sites (tertiary alicyclic amines) is 1. The highest BCUT2D eigenvalue weighted by atomic mass is 35.5. The van der Waals surface area contributed by atoms with Crippen molar-refractivity contribution in [1.29, 1.82) is 0 Å². The van der Waals surface area contributed by atoms with Crippen molar-refractivity contribution in [3.63, 3.8) is 0 Å². The highest BCUT2D eigenvalue weighted by Crippen LogP contribution is 2.65. The van der Waals surface area contributed by atoms with E-state index in [0.29, 0.717) is 18.5 Å². The van der Waals surface area contributed by atoms with Crippen LogP contribution in [0.4, 0.5) is 13.6 Å². The van der Waals surface area contributed by atoms with Crippen molar-refractivity contribution < 1.29 is 41.2 Å². The van der Waals surface area contributed by atoms with Gasteiger partial charge in [-0.15, -0.1) is 0 Å². The Hall–Kier alpha value is -3.57. The smallest absolute Gasteiger partial charge is 0.315 e. The summed E-state index contributed by atoms with van der Waals surface area (Å²) >= 11 is 6.24. The molecule has 6 atom stereocenters. The van der Waals surface area contributed by atoms with E-state index in [9.17, 15) is 41.2 Å². The van der Waals surface area contributed by atoms with E-state index in [-0.39, 0.29) is 59.6 Å². The maximum absolute atomic E-state index is 14.4. The number of nitrogens with zero attached hydrogens (tertiary/aromatic N) is 2. The zero-order valence-corrected chi connectivity index (χ0v) is 34.4. The van der Waals surface area contributed by atoms with E-state index in [4.69, 9.17) is 17.3 Å². The van der Waals surface area contributed by atoms with Crippen LogP contribution in [0.3, 0.4) is 0 Å². The maximum atomic E-state index is 14.4. The normalized spacial score (nSPS) is 23.3. The number of urea groups is 1. The van der Waals surface area contributed by atoms with Gasteiger partial charge in [-0.25, -0.2) is 22.0 Å². The van der Waals surface area contributed by atoms with Gasteiger partial charge in [-0.05, 0) is 58.6 Å². The van der Waals surface area contributed by atoms with E-state index in [1.807, 2.05) is 34.6 Å². The first-order chi connectivity index (χ1) is 25.2. The van der Waals surface area contributed by atoms with Crippen LogP contribution in [0.15, 0.2) is 18.2 Å². The average Bonchev–Trinajstić information content (AvgIpc) is 3.34. The fourth-order valence-corrected chi connectivity index (χ4v) is 9.42. The van der Waals surface area contributed by atoms with Crippen molar-refractivity contribution in [2.75, 3.05) is 31.9 Å². The molecule has 2 saturated heterocycles. The van der Waals surface area contributed by atoms with Crippen LogP contribution < -0.4 is 27.0 Å². The third-order valence-electron chi connectivity index (χ3n) is 11.2. The maximum Gasteiger partial charge on any atom is 0.315 e. The molecule has 6 N–H and O–H groups in total. The molecule has 1 saturated carbocycles. The van der Waals surface area contributed by atoms with Crippen LogP contribution in [0.25, 0.3) is 0 Å². The van der Waals surface area contributed by atoms with Crippen LogP contribution in [0, 0.1) is 28.1 Å². The highest BCUT2D eigenvalue weighted by Gasteiger charge is 2.70. The molecule has 3 fully saturated rings. The summed E-state index contributed by atoms with van der Waals surface area (Å²) in [5.74, 6) is -3.17. The van der Waals surface area contributed by atoms with Crippen molar-refractivity contribution in [2.45, 2.75) is 105 Å². The van der Waals surface area contributed by atoms with Gasteiger partial charge in [0.2, 0.25) is 40.1 Å². The Labute approximate surface area is 327 Å². The van der Waals surface area contributed by atoms with E-state index >= 15 is 0 Å². The molecule has 0 spiro atoms. The molecular weight excluding hydrogens is 760 g/mol. The number of alkyl halides is 2. The zero-order chi connectivity index (χ0) is 41.4. The van der Waals surface area contributed by atoms with Crippen LogP contribution >= 0.6 is 11.6 Å². The SMILES string of the molecule is CC1(C)C2CN(C(=O)[C@@H](NC(=O)N[C@H](CN3CCCS3(=O)=O)C(C)(C)C)C(C)(C)C)C(C(=O)NC(CC(F)F)C(=O)NCCc3ccc(C(N)=O)cc3Cl)C21. The summed E-state index contributed by atoms with van der Waals surface area (Å²) in [5.41, 5.74) is 4.31. The Balaban J connectivity index is 1.48. The van der Waals surface area contributed by atoms with Crippen molar-refractivity contribution in [3.8, 4) is 0 Å². The lowest BCUT2D eigenvalue weighted by atomic mass is 9.85. The predicted octanol–water partition coefficient (Wildman–Crippen LogP) is 2.88. The first-order valence-corrected chi connectivity index (χ1v) is 20.5. The monoisotopic (exact) mass is 815 g/mol. The van der Waals surface area contributed by atoms with Gasteiger partial charge in [-0.2, -0.15) is 4.31 Å². The number of hydrogen-bond acceptors (Lipinski definition) is 7. The molecule has 2 heterocycles. The second-order valence-corrected chi connectivity index (χ2v) is 20.1. The van der Waals surface area contributed by atoms with Gasteiger partial charge in [0, 0.05) is 49.2 Å². The van der Waals surface area contributed by atoms with Crippen LogP contribution in [0.2, 0.25) is 5.02 Å². The lowest BCUT2D eigenvalue weighted by molar-refractivity contribution is -0.144. The minimum atomic E-state index is -3.44. The molecule has 4 unspecified atom stereocenters. The van der Waals surface area contributed by atoms with Gasteiger partial charge in [-0.3, -0.25) is 19.2 Å². The molecule has 308 valence electrons. The molecular formula is C37H56ClF2N7O7S. The number of nitrogens with one attached hydrogen (secondary N) is 4. The zero-order valence-electron chi connectivity index (χ0n) is 32.8. The number of carbonyl (C=O) groups is 5. The molecule has 1 aromatic rings. The summed E-state index contributed by atoms with van der Waals surface area (Å²) in [5, 5.41) is 11.0. The third kappa shape index (κ3) is 10.4. The number of rotatable bonds is 14. The van der Waals surface area contributed by atoms with Crippen LogP contribution in [0.1, 0.15) is 84.2 Å². The molecule has 0 aromatic heterocycles. The number of piperidine rings is 1. The minimum Gasteiger partial charge on any atom is -0.366 e. The number of nitrogens with two attached hydrogens (primary N) is 1. The molecule has 14 nitrogen and oxygen atoms in total. The Bertz CT molecular complexity index is 1770. The minimum absolute atomic E-state index is 0.0131. The van der Waals surface area contributed by atoms with Gasteiger partial charge in [0.15, 0.2) is 0 Å². The molecule has 1 aliphatic carbocycles. The second kappa shape index (κ2) is 16.5. The molecule has 3 aliphatic rings. The number of hydrogen-bond donors (Lipinski definition) is 5. The largest absolute Gasteiger partial charge is 0.366 e. The van der Waals surface area contributed by atoms with Gasteiger partial charge in [0.05, 0.1) is 5.75 Å². The van der Waals surface area contributed by atoms with Crippen molar-refractivity contribution in [3.05, 3.63) is 34.3 Å². The Morgan fingerprint density at radius 1 is 1.02 bits per heavy atom. The Kier molecular flexibility index (Phi) is 13.2. The number of amides is 6. The van der Waals surface area contributed by atoms with Crippen LogP contribution in [0.5, 0.6) is 0 Å². The van der Waals surface area contributed by atoms with Crippen LogP contribution in [-0.2, 0) is 30.8 Å². The first kappa shape index (κ1) is 44.1. The fraction of sp³-hybridized carbons (Fsp3) is 0.703. The number of primary amides is 1. The molecule has 0 bridgehead atoms. The Morgan fingerprint density at radius 3 is 2.20 bits per heavy atom. The number of benzene rings is 1. The summed E-state index contributed by atoms with van der Waals surface area (Å²) in [7, 11) is -3.44.